The third-order valence-electron chi connectivity index (χ3n) is 4.80. The van der Waals surface area contributed by atoms with Gasteiger partial charge in [0.2, 0.25) is 0 Å². The van der Waals surface area contributed by atoms with Crippen molar-refractivity contribution in [2.45, 2.75) is 33.7 Å². The summed E-state index contributed by atoms with van der Waals surface area (Å²) in [6, 6.07) is 10.1. The Morgan fingerprint density at radius 1 is 1.11 bits per heavy atom. The highest BCUT2D eigenvalue weighted by Crippen LogP contribution is 2.23. The van der Waals surface area contributed by atoms with E-state index in [1.54, 1.807) is 14.2 Å². The van der Waals surface area contributed by atoms with E-state index in [4.69, 9.17) is 9.47 Å². The number of thiazole rings is 1. The van der Waals surface area contributed by atoms with Gasteiger partial charge in [0.05, 0.1) is 30.4 Å². The molecule has 5 nitrogen and oxygen atoms in total. The number of ether oxygens (including phenoxy) is 2. The first-order chi connectivity index (χ1) is 13.4. The molecular formula is C22H26N2O3S. The largest absolute Gasteiger partial charge is 0.497 e. The highest BCUT2D eigenvalue weighted by molar-refractivity contribution is 7.16. The fourth-order valence-corrected chi connectivity index (χ4v) is 4.55. The molecule has 0 atom stereocenters. The molecule has 1 aromatic heterocycles. The normalized spacial score (nSPS) is 12.0. The Hall–Kier alpha value is -2.44. The quantitative estimate of drug-likeness (QED) is 0.632. The Morgan fingerprint density at radius 2 is 1.82 bits per heavy atom. The molecule has 0 saturated carbocycles. The third-order valence-corrected chi connectivity index (χ3v) is 5.84. The van der Waals surface area contributed by atoms with Gasteiger partial charge in [0.1, 0.15) is 5.75 Å². The lowest BCUT2D eigenvalue weighted by Crippen LogP contribution is -2.20. The predicted molar refractivity (Wildman–Crippen MR) is 113 cm³/mol. The maximum Gasteiger partial charge on any atom is 0.252 e. The van der Waals surface area contributed by atoms with E-state index in [0.29, 0.717) is 24.4 Å². The van der Waals surface area contributed by atoms with E-state index in [1.165, 1.54) is 16.9 Å². The molecule has 0 saturated heterocycles. The average Bonchev–Trinajstić information content (AvgIpc) is 2.98. The zero-order valence-electron chi connectivity index (χ0n) is 17.0. The minimum Gasteiger partial charge on any atom is -0.497 e. The molecule has 0 aliphatic rings. The number of hydrogen-bond acceptors (Lipinski definition) is 4. The van der Waals surface area contributed by atoms with Crippen LogP contribution < -0.4 is 9.54 Å². The van der Waals surface area contributed by atoms with Gasteiger partial charge in [0.15, 0.2) is 4.80 Å². The van der Waals surface area contributed by atoms with E-state index in [2.05, 4.69) is 24.0 Å². The van der Waals surface area contributed by atoms with Crippen LogP contribution in [-0.4, -0.2) is 31.3 Å². The minimum atomic E-state index is -0.139. The number of fused-ring (bicyclic) bond motifs is 1. The van der Waals surface area contributed by atoms with Gasteiger partial charge in [-0.1, -0.05) is 29.0 Å². The van der Waals surface area contributed by atoms with Crippen LogP contribution >= 0.6 is 11.3 Å². The summed E-state index contributed by atoms with van der Waals surface area (Å²) in [6.45, 7) is 7.35. The standard InChI is InChI=1S/C22H26N2O3S/c1-14-10-15(2)18(16(3)11-14)13-21(25)23-22-24(8-9-26-4)19-7-6-17(27-5)12-20(19)28-22/h6-7,10-12H,8-9,13H2,1-5H3. The van der Waals surface area contributed by atoms with E-state index < -0.39 is 0 Å². The molecule has 0 aliphatic carbocycles. The molecule has 3 rings (SSSR count). The molecule has 0 spiro atoms. The second-order valence-electron chi connectivity index (χ2n) is 6.92. The van der Waals surface area contributed by atoms with Crippen LogP contribution in [0.3, 0.4) is 0 Å². The van der Waals surface area contributed by atoms with Crippen molar-refractivity contribution in [3.63, 3.8) is 0 Å². The molecule has 148 valence electrons. The van der Waals surface area contributed by atoms with Crippen molar-refractivity contribution in [2.75, 3.05) is 20.8 Å². The molecule has 28 heavy (non-hydrogen) atoms. The lowest BCUT2D eigenvalue weighted by atomic mass is 9.97. The first-order valence-corrected chi connectivity index (χ1v) is 10.0. The minimum absolute atomic E-state index is 0.139. The summed E-state index contributed by atoms with van der Waals surface area (Å²) in [7, 11) is 3.32. The van der Waals surface area contributed by atoms with Gasteiger partial charge in [-0.05, 0) is 55.7 Å². The molecule has 1 heterocycles. The SMILES string of the molecule is COCCn1c(=NC(=O)Cc2c(C)cc(C)cc2C)sc2cc(OC)ccc21. The van der Waals surface area contributed by atoms with Crippen molar-refractivity contribution >= 4 is 27.5 Å². The van der Waals surface area contributed by atoms with E-state index in [-0.39, 0.29) is 5.91 Å². The third kappa shape index (κ3) is 4.34. The molecule has 0 bridgehead atoms. The van der Waals surface area contributed by atoms with E-state index >= 15 is 0 Å². The number of nitrogens with zero attached hydrogens (tertiary/aromatic N) is 2. The number of methoxy groups -OCH3 is 2. The van der Waals surface area contributed by atoms with E-state index in [9.17, 15) is 4.79 Å². The van der Waals surface area contributed by atoms with Crippen LogP contribution in [0.25, 0.3) is 10.2 Å². The van der Waals surface area contributed by atoms with Crippen LogP contribution in [0.4, 0.5) is 0 Å². The molecular weight excluding hydrogens is 372 g/mol. The number of aromatic nitrogens is 1. The van der Waals surface area contributed by atoms with Crippen molar-refractivity contribution in [1.29, 1.82) is 0 Å². The van der Waals surface area contributed by atoms with Crippen molar-refractivity contribution in [1.82, 2.24) is 4.57 Å². The molecule has 1 amide bonds. The molecule has 0 aliphatic heterocycles. The van der Waals surface area contributed by atoms with Gasteiger partial charge in [0.25, 0.3) is 5.91 Å². The highest BCUT2D eigenvalue weighted by atomic mass is 32.1. The molecule has 0 N–H and O–H groups in total. The topological polar surface area (TPSA) is 52.8 Å². The van der Waals surface area contributed by atoms with Crippen LogP contribution in [0.15, 0.2) is 35.3 Å². The summed E-state index contributed by atoms with van der Waals surface area (Å²) in [6.07, 6.45) is 0.305. The van der Waals surface area contributed by atoms with Gasteiger partial charge >= 0.3 is 0 Å². The lowest BCUT2D eigenvalue weighted by Gasteiger charge is -2.09. The molecule has 0 radical (unpaired) electrons. The Labute approximate surface area is 169 Å². The van der Waals surface area contributed by atoms with Crippen molar-refractivity contribution < 1.29 is 14.3 Å². The lowest BCUT2D eigenvalue weighted by molar-refractivity contribution is -0.117. The first kappa shape index (κ1) is 20.3. The summed E-state index contributed by atoms with van der Waals surface area (Å²) >= 11 is 1.49. The van der Waals surface area contributed by atoms with Crippen molar-refractivity contribution in [3.05, 3.63) is 57.4 Å². The number of carbonyl (C=O) groups is 1. The first-order valence-electron chi connectivity index (χ1n) is 9.23. The summed E-state index contributed by atoms with van der Waals surface area (Å²) in [4.78, 5) is 17.9. The number of carbonyl (C=O) groups excluding carboxylic acids is 1. The smallest absolute Gasteiger partial charge is 0.252 e. The fraction of sp³-hybridized carbons (Fsp3) is 0.364. The van der Waals surface area contributed by atoms with Crippen molar-refractivity contribution in [2.24, 2.45) is 4.99 Å². The Balaban J connectivity index is 2.01. The summed E-state index contributed by atoms with van der Waals surface area (Å²) < 4.78 is 13.6. The maximum atomic E-state index is 12.8. The zero-order valence-corrected chi connectivity index (χ0v) is 17.9. The Kier molecular flexibility index (Phi) is 6.31. The predicted octanol–water partition coefficient (Wildman–Crippen LogP) is 3.95. The monoisotopic (exact) mass is 398 g/mol. The Morgan fingerprint density at radius 3 is 2.46 bits per heavy atom. The van der Waals surface area contributed by atoms with E-state index in [0.717, 1.165) is 32.7 Å². The number of amides is 1. The van der Waals surface area contributed by atoms with Crippen molar-refractivity contribution in [3.8, 4) is 5.75 Å². The number of hydrogen-bond donors (Lipinski definition) is 0. The molecule has 2 aromatic carbocycles. The maximum absolute atomic E-state index is 12.8. The van der Waals surface area contributed by atoms with Crippen LogP contribution in [-0.2, 0) is 22.5 Å². The highest BCUT2D eigenvalue weighted by Gasteiger charge is 2.12. The summed E-state index contributed by atoms with van der Waals surface area (Å²) in [5.74, 6) is 0.649. The van der Waals surface area contributed by atoms with Crippen LogP contribution in [0.1, 0.15) is 22.3 Å². The van der Waals surface area contributed by atoms with Crippen LogP contribution in [0.5, 0.6) is 5.75 Å². The van der Waals surface area contributed by atoms with Gasteiger partial charge < -0.3 is 14.0 Å². The van der Waals surface area contributed by atoms with Gasteiger partial charge in [-0.3, -0.25) is 4.79 Å². The van der Waals surface area contributed by atoms with Crippen LogP contribution in [0.2, 0.25) is 0 Å². The van der Waals surface area contributed by atoms with Gasteiger partial charge in [-0.25, -0.2) is 0 Å². The second kappa shape index (κ2) is 8.71. The molecule has 3 aromatic rings. The second-order valence-corrected chi connectivity index (χ2v) is 7.93. The number of aryl methyl sites for hydroxylation is 3. The molecule has 6 heteroatoms. The fourth-order valence-electron chi connectivity index (χ4n) is 3.45. The zero-order chi connectivity index (χ0) is 20.3. The average molecular weight is 399 g/mol. The Bertz CT molecular complexity index is 1060. The molecule has 0 fully saturated rings. The van der Waals surface area contributed by atoms with Gasteiger partial charge in [-0.15, -0.1) is 0 Å². The summed E-state index contributed by atoms with van der Waals surface area (Å²) in [5, 5.41) is 0. The number of rotatable bonds is 6. The van der Waals surface area contributed by atoms with E-state index in [1.807, 2.05) is 36.6 Å². The molecule has 0 unspecified atom stereocenters. The van der Waals surface area contributed by atoms with Crippen LogP contribution in [0, 0.1) is 20.8 Å². The number of benzene rings is 2. The van der Waals surface area contributed by atoms with Gasteiger partial charge in [0, 0.05) is 13.7 Å². The summed E-state index contributed by atoms with van der Waals surface area (Å²) in [5.41, 5.74) is 5.56. The van der Waals surface area contributed by atoms with Gasteiger partial charge in [-0.2, -0.15) is 4.99 Å².